The van der Waals surface area contributed by atoms with Gasteiger partial charge in [0.2, 0.25) is 0 Å². The minimum absolute atomic E-state index is 0.329. The average molecular weight is 443 g/mol. The Morgan fingerprint density at radius 3 is 2.47 bits per heavy atom. The second-order valence-corrected chi connectivity index (χ2v) is 7.60. The monoisotopic (exact) mass is 442 g/mol. The minimum Gasteiger partial charge on any atom is -0.422 e. The van der Waals surface area contributed by atoms with Gasteiger partial charge in [-0.2, -0.15) is 5.10 Å². The minimum atomic E-state index is -0.518. The number of hydrazone groups is 1. The number of carbonyl (C=O) groups excluding carboxylic acids is 2. The molecule has 4 rings (SSSR count). The van der Waals surface area contributed by atoms with E-state index in [1.165, 1.54) is 6.21 Å². The summed E-state index contributed by atoms with van der Waals surface area (Å²) in [5.41, 5.74) is 4.97. The lowest BCUT2D eigenvalue weighted by Crippen LogP contribution is -2.18. The number of nitrogens with zero attached hydrogens (tertiary/aromatic N) is 1. The molecule has 0 saturated heterocycles. The number of carbonyl (C=O) groups is 2. The van der Waals surface area contributed by atoms with Gasteiger partial charge in [0, 0.05) is 16.1 Å². The summed E-state index contributed by atoms with van der Waals surface area (Å²) in [6, 6.07) is 24.9. The van der Waals surface area contributed by atoms with Crippen molar-refractivity contribution in [2.45, 2.75) is 6.92 Å². The summed E-state index contributed by atoms with van der Waals surface area (Å²) in [6.45, 7) is 1.91. The molecule has 4 aromatic rings. The topological polar surface area (TPSA) is 67.8 Å². The van der Waals surface area contributed by atoms with Crippen molar-refractivity contribution >= 4 is 40.5 Å². The van der Waals surface area contributed by atoms with E-state index in [0.29, 0.717) is 27.5 Å². The Kier molecular flexibility index (Phi) is 6.29. The number of rotatable bonds is 5. The molecule has 0 fully saturated rings. The molecule has 6 heteroatoms. The zero-order valence-corrected chi connectivity index (χ0v) is 18.0. The summed E-state index contributed by atoms with van der Waals surface area (Å²) in [6.07, 6.45) is 1.49. The molecule has 0 heterocycles. The molecule has 0 aliphatic carbocycles. The van der Waals surface area contributed by atoms with Gasteiger partial charge in [0.05, 0.1) is 11.8 Å². The van der Waals surface area contributed by atoms with E-state index in [4.69, 9.17) is 16.3 Å². The lowest BCUT2D eigenvalue weighted by atomic mass is 10.0. The maximum absolute atomic E-state index is 12.6. The highest BCUT2D eigenvalue weighted by Crippen LogP contribution is 2.27. The number of aryl methyl sites for hydroxylation is 1. The van der Waals surface area contributed by atoms with Gasteiger partial charge in [0.1, 0.15) is 5.75 Å². The van der Waals surface area contributed by atoms with Crippen LogP contribution in [0.3, 0.4) is 0 Å². The molecule has 158 valence electrons. The van der Waals surface area contributed by atoms with Crippen LogP contribution in [0.15, 0.2) is 90.0 Å². The second kappa shape index (κ2) is 9.45. The van der Waals surface area contributed by atoms with E-state index in [1.807, 2.05) is 49.4 Å². The van der Waals surface area contributed by atoms with Gasteiger partial charge in [0.15, 0.2) is 0 Å². The van der Waals surface area contributed by atoms with Crippen LogP contribution in [0.4, 0.5) is 0 Å². The van der Waals surface area contributed by atoms with E-state index in [9.17, 15) is 9.59 Å². The molecule has 0 aromatic heterocycles. The van der Waals surface area contributed by atoms with E-state index in [0.717, 1.165) is 16.3 Å². The van der Waals surface area contributed by atoms with Gasteiger partial charge in [-0.1, -0.05) is 59.6 Å². The van der Waals surface area contributed by atoms with E-state index >= 15 is 0 Å². The fraction of sp³-hybridized carbons (Fsp3) is 0.0385. The number of nitrogens with one attached hydrogen (secondary N) is 1. The predicted octanol–water partition coefficient (Wildman–Crippen LogP) is 5.78. The van der Waals surface area contributed by atoms with Crippen LogP contribution in [-0.2, 0) is 0 Å². The zero-order valence-electron chi connectivity index (χ0n) is 17.2. The van der Waals surface area contributed by atoms with Gasteiger partial charge in [-0.25, -0.2) is 10.2 Å². The molecular formula is C26H19ClN2O3. The van der Waals surface area contributed by atoms with Crippen LogP contribution in [-0.4, -0.2) is 18.1 Å². The van der Waals surface area contributed by atoms with E-state index < -0.39 is 5.97 Å². The van der Waals surface area contributed by atoms with Crippen LogP contribution < -0.4 is 10.2 Å². The Balaban J connectivity index is 1.62. The molecule has 5 nitrogen and oxygen atoms in total. The van der Waals surface area contributed by atoms with Gasteiger partial charge in [-0.3, -0.25) is 4.79 Å². The van der Waals surface area contributed by atoms with Gasteiger partial charge in [-0.15, -0.1) is 0 Å². The third kappa shape index (κ3) is 4.85. The first kappa shape index (κ1) is 21.3. The molecule has 0 aliphatic rings. The fourth-order valence-electron chi connectivity index (χ4n) is 3.25. The lowest BCUT2D eigenvalue weighted by Gasteiger charge is -2.10. The summed E-state index contributed by atoms with van der Waals surface area (Å²) < 4.78 is 5.65. The molecule has 1 amide bonds. The Morgan fingerprint density at radius 2 is 1.69 bits per heavy atom. The fourth-order valence-corrected chi connectivity index (χ4v) is 3.37. The van der Waals surface area contributed by atoms with Gasteiger partial charge in [0.25, 0.3) is 5.91 Å². The van der Waals surface area contributed by atoms with E-state index in [2.05, 4.69) is 10.5 Å². The van der Waals surface area contributed by atoms with Gasteiger partial charge < -0.3 is 4.74 Å². The zero-order chi connectivity index (χ0) is 22.5. The second-order valence-electron chi connectivity index (χ2n) is 7.16. The summed E-state index contributed by atoms with van der Waals surface area (Å²) in [7, 11) is 0. The third-order valence-corrected chi connectivity index (χ3v) is 5.11. The average Bonchev–Trinajstić information content (AvgIpc) is 2.80. The summed E-state index contributed by atoms with van der Waals surface area (Å²) in [4.78, 5) is 25.0. The van der Waals surface area contributed by atoms with Crippen molar-refractivity contribution in [3.05, 3.63) is 112 Å². The molecule has 0 unspecified atom stereocenters. The van der Waals surface area contributed by atoms with Crippen LogP contribution in [0.1, 0.15) is 31.8 Å². The number of esters is 1. The van der Waals surface area contributed by atoms with Crippen molar-refractivity contribution in [2.24, 2.45) is 5.10 Å². The van der Waals surface area contributed by atoms with Crippen LogP contribution in [0.5, 0.6) is 5.75 Å². The Morgan fingerprint density at radius 1 is 0.906 bits per heavy atom. The van der Waals surface area contributed by atoms with Crippen molar-refractivity contribution in [3.8, 4) is 5.75 Å². The largest absolute Gasteiger partial charge is 0.422 e. The molecule has 0 radical (unpaired) electrons. The smallest absolute Gasteiger partial charge is 0.343 e. The van der Waals surface area contributed by atoms with Crippen LogP contribution in [0.25, 0.3) is 10.8 Å². The molecule has 0 spiro atoms. The number of hydrogen-bond acceptors (Lipinski definition) is 4. The molecule has 4 aromatic carbocycles. The van der Waals surface area contributed by atoms with Crippen LogP contribution >= 0.6 is 11.6 Å². The number of ether oxygens (including phenoxy) is 1. The van der Waals surface area contributed by atoms with Crippen molar-refractivity contribution in [2.75, 3.05) is 0 Å². The molecule has 32 heavy (non-hydrogen) atoms. The molecule has 0 aliphatic heterocycles. The number of benzene rings is 4. The first-order chi connectivity index (χ1) is 15.5. The van der Waals surface area contributed by atoms with Crippen LogP contribution in [0, 0.1) is 6.92 Å². The highest BCUT2D eigenvalue weighted by atomic mass is 35.5. The molecular weight excluding hydrogens is 424 g/mol. The van der Waals surface area contributed by atoms with Crippen molar-refractivity contribution in [3.63, 3.8) is 0 Å². The molecule has 0 atom stereocenters. The van der Waals surface area contributed by atoms with Crippen molar-refractivity contribution < 1.29 is 14.3 Å². The number of halogens is 1. The van der Waals surface area contributed by atoms with Gasteiger partial charge in [-0.05, 0) is 60.2 Å². The summed E-state index contributed by atoms with van der Waals surface area (Å²) >= 11 is 5.90. The van der Waals surface area contributed by atoms with Crippen LogP contribution in [0.2, 0.25) is 5.02 Å². The number of fused-ring (bicyclic) bond motifs is 1. The standard InChI is InChI=1S/C26H19ClN2O3/c1-17-5-4-7-20(15-17)25(30)29-28-16-23-22-8-3-2-6-18(22)11-14-24(23)32-26(31)19-9-12-21(27)13-10-19/h2-16H,1H3,(H,29,30)/b28-16-. The van der Waals surface area contributed by atoms with Gasteiger partial charge >= 0.3 is 5.97 Å². The maximum Gasteiger partial charge on any atom is 0.343 e. The quantitative estimate of drug-likeness (QED) is 0.184. The predicted molar refractivity (Wildman–Crippen MR) is 127 cm³/mol. The SMILES string of the molecule is Cc1cccc(C(=O)N/N=C\c2c(OC(=O)c3ccc(Cl)cc3)ccc3ccccc23)c1. The normalized spacial score (nSPS) is 10.9. The van der Waals surface area contributed by atoms with Crippen molar-refractivity contribution in [1.82, 2.24) is 5.43 Å². The number of amides is 1. The van der Waals surface area contributed by atoms with Crippen molar-refractivity contribution in [1.29, 1.82) is 0 Å². The Hall–Kier alpha value is -3.96. The first-order valence-electron chi connectivity index (χ1n) is 9.91. The Bertz CT molecular complexity index is 1330. The summed E-state index contributed by atoms with van der Waals surface area (Å²) in [5, 5.41) is 6.43. The highest BCUT2D eigenvalue weighted by Gasteiger charge is 2.14. The molecule has 0 bridgehead atoms. The van der Waals surface area contributed by atoms with E-state index in [1.54, 1.807) is 42.5 Å². The summed E-state index contributed by atoms with van der Waals surface area (Å²) in [5.74, 6) is -0.516. The first-order valence-corrected chi connectivity index (χ1v) is 10.3. The third-order valence-electron chi connectivity index (χ3n) is 4.85. The molecule has 0 saturated carbocycles. The highest BCUT2D eigenvalue weighted by molar-refractivity contribution is 6.30. The van der Waals surface area contributed by atoms with E-state index in [-0.39, 0.29) is 5.91 Å². The Labute approximate surface area is 190 Å². The number of hydrogen-bond donors (Lipinski definition) is 1. The maximum atomic E-state index is 12.6. The lowest BCUT2D eigenvalue weighted by molar-refractivity contribution is 0.0734. The molecule has 1 N–H and O–H groups in total.